The molecule has 1 aromatic heterocycles. The number of nitrogens with one attached hydrogen (secondary N) is 1. The van der Waals surface area contributed by atoms with E-state index in [0.29, 0.717) is 29.8 Å². The molecule has 1 amide bonds. The summed E-state index contributed by atoms with van der Waals surface area (Å²) >= 11 is 0. The average molecular weight is 365 g/mol. The molecular weight excluding hydrogens is 342 g/mol. The molecule has 0 spiro atoms. The highest BCUT2D eigenvalue weighted by atomic mass is 16.5. The Kier molecular flexibility index (Phi) is 5.72. The van der Waals surface area contributed by atoms with Crippen molar-refractivity contribution in [2.75, 3.05) is 11.9 Å². The molecule has 1 N–H and O–H groups in total. The van der Waals surface area contributed by atoms with Gasteiger partial charge in [0.2, 0.25) is 0 Å². The van der Waals surface area contributed by atoms with Gasteiger partial charge in [-0.15, -0.1) is 0 Å². The number of ether oxygens (including phenoxy) is 1. The average Bonchev–Trinajstić information content (AvgIpc) is 3.17. The van der Waals surface area contributed by atoms with Crippen LogP contribution in [0.5, 0.6) is 0 Å². The van der Waals surface area contributed by atoms with Gasteiger partial charge in [-0.2, -0.15) is 5.26 Å². The zero-order valence-electron chi connectivity index (χ0n) is 15.6. The lowest BCUT2D eigenvalue weighted by atomic mass is 10.1. The topological polar surface area (TPSA) is 84.1 Å². The summed E-state index contributed by atoms with van der Waals surface area (Å²) in [6.45, 7) is 4.88. The largest absolute Gasteiger partial charge is 0.376 e. The van der Waals surface area contributed by atoms with Crippen molar-refractivity contribution in [1.82, 2.24) is 4.57 Å². The Morgan fingerprint density at radius 2 is 2.22 bits per heavy atom. The normalized spacial score (nSPS) is 16.1. The first kappa shape index (κ1) is 18.9. The second-order valence-electron chi connectivity index (χ2n) is 6.76. The second-order valence-corrected chi connectivity index (χ2v) is 6.76. The molecule has 1 fully saturated rings. The maximum Gasteiger partial charge on any atom is 0.263 e. The number of aromatic nitrogens is 1. The number of benzene rings is 1. The summed E-state index contributed by atoms with van der Waals surface area (Å²) in [5.41, 5.74) is 2.48. The minimum absolute atomic E-state index is 0.0199. The molecular formula is C21H23N3O3. The molecule has 1 unspecified atom stereocenters. The van der Waals surface area contributed by atoms with Gasteiger partial charge < -0.3 is 14.6 Å². The van der Waals surface area contributed by atoms with Crippen molar-refractivity contribution in [2.45, 2.75) is 45.8 Å². The third-order valence-corrected chi connectivity index (χ3v) is 4.89. The molecule has 6 nitrogen and oxygen atoms in total. The van der Waals surface area contributed by atoms with E-state index in [9.17, 15) is 9.59 Å². The van der Waals surface area contributed by atoms with Crippen LogP contribution in [0.1, 0.15) is 46.8 Å². The van der Waals surface area contributed by atoms with Crippen molar-refractivity contribution >= 4 is 11.6 Å². The number of carbonyl (C=O) groups is 1. The molecule has 0 radical (unpaired) electrons. The lowest BCUT2D eigenvalue weighted by Gasteiger charge is -2.15. The summed E-state index contributed by atoms with van der Waals surface area (Å²) in [5, 5.41) is 11.9. The van der Waals surface area contributed by atoms with Gasteiger partial charge in [0.25, 0.3) is 11.5 Å². The fourth-order valence-electron chi connectivity index (χ4n) is 3.36. The summed E-state index contributed by atoms with van der Waals surface area (Å²) in [6, 6.07) is 8.99. The van der Waals surface area contributed by atoms with Gasteiger partial charge in [0.05, 0.1) is 24.3 Å². The molecule has 1 aliphatic heterocycles. The molecule has 0 saturated carbocycles. The van der Waals surface area contributed by atoms with Crippen LogP contribution in [0.4, 0.5) is 5.69 Å². The van der Waals surface area contributed by atoms with E-state index in [1.54, 1.807) is 42.0 Å². The van der Waals surface area contributed by atoms with Crippen LogP contribution < -0.4 is 10.9 Å². The molecule has 0 aliphatic carbocycles. The SMILES string of the molecule is CCc1cc(C#N)ccc1NC(=O)c1c(C)ccn(CC2CCCO2)c1=O. The van der Waals surface area contributed by atoms with Crippen molar-refractivity contribution < 1.29 is 9.53 Å². The number of hydrogen-bond acceptors (Lipinski definition) is 4. The third kappa shape index (κ3) is 4.09. The van der Waals surface area contributed by atoms with Crippen molar-refractivity contribution in [2.24, 2.45) is 0 Å². The highest BCUT2D eigenvalue weighted by Gasteiger charge is 2.20. The molecule has 140 valence electrons. The molecule has 27 heavy (non-hydrogen) atoms. The Labute approximate surface area is 158 Å². The van der Waals surface area contributed by atoms with Gasteiger partial charge in [0.15, 0.2) is 0 Å². The van der Waals surface area contributed by atoms with Crippen LogP contribution >= 0.6 is 0 Å². The predicted octanol–water partition coefficient (Wildman–Crippen LogP) is 3.02. The van der Waals surface area contributed by atoms with Crippen LogP contribution in [0.15, 0.2) is 35.3 Å². The first-order valence-electron chi connectivity index (χ1n) is 9.19. The van der Waals surface area contributed by atoms with E-state index in [1.165, 1.54) is 0 Å². The molecule has 2 heterocycles. The van der Waals surface area contributed by atoms with Crippen LogP contribution in [-0.2, 0) is 17.7 Å². The Bertz CT molecular complexity index is 950. The second kappa shape index (κ2) is 8.19. The molecule has 1 aromatic carbocycles. The standard InChI is InChI=1S/C21H23N3O3/c1-3-16-11-15(12-22)6-7-18(16)23-20(25)19-14(2)8-9-24(21(19)26)13-17-5-4-10-27-17/h6-9,11,17H,3-5,10,13H2,1-2H3,(H,23,25). The minimum Gasteiger partial charge on any atom is -0.376 e. The van der Waals surface area contributed by atoms with Crippen molar-refractivity contribution in [1.29, 1.82) is 5.26 Å². The number of rotatable bonds is 5. The zero-order valence-corrected chi connectivity index (χ0v) is 15.6. The van der Waals surface area contributed by atoms with Crippen molar-refractivity contribution in [3.8, 4) is 6.07 Å². The van der Waals surface area contributed by atoms with Gasteiger partial charge >= 0.3 is 0 Å². The third-order valence-electron chi connectivity index (χ3n) is 4.89. The summed E-state index contributed by atoms with van der Waals surface area (Å²) < 4.78 is 7.16. The summed E-state index contributed by atoms with van der Waals surface area (Å²) in [7, 11) is 0. The lowest BCUT2D eigenvalue weighted by molar-refractivity contribution is 0.0952. The van der Waals surface area contributed by atoms with Crippen LogP contribution in [0, 0.1) is 18.3 Å². The van der Waals surface area contributed by atoms with E-state index in [-0.39, 0.29) is 17.2 Å². The number of hydrogen-bond donors (Lipinski definition) is 1. The molecule has 2 aromatic rings. The molecule has 1 aliphatic rings. The molecule has 6 heteroatoms. The Morgan fingerprint density at radius 1 is 1.41 bits per heavy atom. The number of nitriles is 1. The number of carbonyl (C=O) groups excluding carboxylic acids is 1. The van der Waals surface area contributed by atoms with Crippen LogP contribution in [0.2, 0.25) is 0 Å². The number of nitrogens with zero attached hydrogens (tertiary/aromatic N) is 2. The molecule has 1 saturated heterocycles. The smallest absolute Gasteiger partial charge is 0.263 e. The Hall–Kier alpha value is -2.91. The molecule has 1 atom stereocenters. The fraction of sp³-hybridized carbons (Fsp3) is 0.381. The number of pyridine rings is 1. The first-order valence-corrected chi connectivity index (χ1v) is 9.19. The van der Waals surface area contributed by atoms with Crippen molar-refractivity contribution in [3.05, 3.63) is 63.1 Å². The van der Waals surface area contributed by atoms with Gasteiger partial charge in [-0.3, -0.25) is 9.59 Å². The quantitative estimate of drug-likeness (QED) is 0.883. The summed E-state index contributed by atoms with van der Waals surface area (Å²) in [5.74, 6) is -0.432. The van der Waals surface area contributed by atoms with E-state index >= 15 is 0 Å². The first-order chi connectivity index (χ1) is 13.0. The summed E-state index contributed by atoms with van der Waals surface area (Å²) in [6.07, 6.45) is 4.33. The number of anilines is 1. The maximum atomic E-state index is 12.9. The summed E-state index contributed by atoms with van der Waals surface area (Å²) in [4.78, 5) is 25.7. The number of amides is 1. The van der Waals surface area contributed by atoms with E-state index in [4.69, 9.17) is 10.00 Å². The predicted molar refractivity (Wildman–Crippen MR) is 103 cm³/mol. The lowest BCUT2D eigenvalue weighted by Crippen LogP contribution is -2.33. The van der Waals surface area contributed by atoms with Gasteiger partial charge in [-0.05, 0) is 61.6 Å². The number of aryl methyl sites for hydroxylation is 2. The van der Waals surface area contributed by atoms with Crippen LogP contribution in [0.3, 0.4) is 0 Å². The molecule has 3 rings (SSSR count). The van der Waals surface area contributed by atoms with Gasteiger partial charge in [-0.25, -0.2) is 0 Å². The Morgan fingerprint density at radius 3 is 2.89 bits per heavy atom. The Balaban J connectivity index is 1.88. The van der Waals surface area contributed by atoms with Crippen LogP contribution in [0.25, 0.3) is 0 Å². The molecule has 0 bridgehead atoms. The van der Waals surface area contributed by atoms with E-state index in [2.05, 4.69) is 11.4 Å². The monoisotopic (exact) mass is 365 g/mol. The van der Waals surface area contributed by atoms with Gasteiger partial charge in [-0.1, -0.05) is 6.92 Å². The maximum absolute atomic E-state index is 12.9. The fourth-order valence-corrected chi connectivity index (χ4v) is 3.36. The highest BCUT2D eigenvalue weighted by Crippen LogP contribution is 2.19. The van der Waals surface area contributed by atoms with E-state index < -0.39 is 5.91 Å². The van der Waals surface area contributed by atoms with Crippen molar-refractivity contribution in [3.63, 3.8) is 0 Å². The highest BCUT2D eigenvalue weighted by molar-refractivity contribution is 6.05. The van der Waals surface area contributed by atoms with E-state index in [1.807, 2.05) is 6.92 Å². The minimum atomic E-state index is -0.432. The van der Waals surface area contributed by atoms with Gasteiger partial charge in [0.1, 0.15) is 5.56 Å². The van der Waals surface area contributed by atoms with Gasteiger partial charge in [0, 0.05) is 18.5 Å². The van der Waals surface area contributed by atoms with E-state index in [0.717, 1.165) is 25.0 Å². The van der Waals surface area contributed by atoms with Crippen LogP contribution in [-0.4, -0.2) is 23.2 Å². The zero-order chi connectivity index (χ0) is 19.4.